The SMILES string of the molecule is CCCCCCCCCC1CCCCC1CCCOc1ccc(-c2ncc(CCCCCC)cn2)cc1. The summed E-state index contributed by atoms with van der Waals surface area (Å²) in [6, 6.07) is 8.32. The summed E-state index contributed by atoms with van der Waals surface area (Å²) >= 11 is 0. The van der Waals surface area contributed by atoms with Gasteiger partial charge in [-0.1, -0.05) is 110 Å². The average Bonchev–Trinajstić information content (AvgIpc) is 2.94. The minimum absolute atomic E-state index is 0.799. The monoisotopic (exact) mass is 506 g/mol. The molecule has 2 aromatic rings. The molecule has 0 saturated heterocycles. The number of benzene rings is 1. The summed E-state index contributed by atoms with van der Waals surface area (Å²) in [6.07, 6.45) is 29.9. The quantitative estimate of drug-likeness (QED) is 0.178. The molecule has 0 spiro atoms. The van der Waals surface area contributed by atoms with Crippen molar-refractivity contribution < 1.29 is 4.74 Å². The molecule has 206 valence electrons. The molecule has 0 bridgehead atoms. The van der Waals surface area contributed by atoms with Crippen LogP contribution >= 0.6 is 0 Å². The maximum absolute atomic E-state index is 6.11. The van der Waals surface area contributed by atoms with Gasteiger partial charge in [-0.2, -0.15) is 0 Å². The first-order valence-electron chi connectivity index (χ1n) is 15.8. The largest absolute Gasteiger partial charge is 0.494 e. The van der Waals surface area contributed by atoms with Gasteiger partial charge in [0.1, 0.15) is 5.75 Å². The Labute approximate surface area is 228 Å². The molecule has 0 amide bonds. The van der Waals surface area contributed by atoms with Crippen molar-refractivity contribution in [3.8, 4) is 17.1 Å². The van der Waals surface area contributed by atoms with E-state index in [9.17, 15) is 0 Å². The Morgan fingerprint density at radius 1 is 0.676 bits per heavy atom. The lowest BCUT2D eigenvalue weighted by Crippen LogP contribution is -2.20. The fraction of sp³-hybridized carbons (Fsp3) is 0.706. The highest BCUT2D eigenvalue weighted by Crippen LogP contribution is 2.36. The van der Waals surface area contributed by atoms with E-state index in [0.717, 1.165) is 42.0 Å². The average molecular weight is 507 g/mol. The maximum Gasteiger partial charge on any atom is 0.159 e. The molecule has 3 nitrogen and oxygen atoms in total. The molecule has 3 rings (SSSR count). The molecule has 1 saturated carbocycles. The lowest BCUT2D eigenvalue weighted by Gasteiger charge is -2.32. The summed E-state index contributed by atoms with van der Waals surface area (Å²) in [7, 11) is 0. The molecule has 2 unspecified atom stereocenters. The van der Waals surface area contributed by atoms with Crippen molar-refractivity contribution in [3.63, 3.8) is 0 Å². The number of rotatable bonds is 19. The van der Waals surface area contributed by atoms with Crippen LogP contribution in [0.1, 0.15) is 135 Å². The fourth-order valence-electron chi connectivity index (χ4n) is 6.03. The van der Waals surface area contributed by atoms with Gasteiger partial charge < -0.3 is 4.74 Å². The van der Waals surface area contributed by atoms with E-state index in [2.05, 4.69) is 48.1 Å². The molecule has 1 aromatic heterocycles. The normalized spacial score (nSPS) is 17.7. The van der Waals surface area contributed by atoms with Gasteiger partial charge in [0.15, 0.2) is 5.82 Å². The van der Waals surface area contributed by atoms with Crippen molar-refractivity contribution in [2.45, 2.75) is 136 Å². The minimum atomic E-state index is 0.799. The van der Waals surface area contributed by atoms with Gasteiger partial charge in [0, 0.05) is 18.0 Å². The third kappa shape index (κ3) is 11.6. The Morgan fingerprint density at radius 3 is 1.89 bits per heavy atom. The molecular weight excluding hydrogens is 452 g/mol. The molecule has 1 fully saturated rings. The molecule has 0 radical (unpaired) electrons. The zero-order valence-electron chi connectivity index (χ0n) is 24.1. The topological polar surface area (TPSA) is 35.0 Å². The van der Waals surface area contributed by atoms with Gasteiger partial charge in [0.2, 0.25) is 0 Å². The van der Waals surface area contributed by atoms with E-state index >= 15 is 0 Å². The third-order valence-corrected chi connectivity index (χ3v) is 8.37. The van der Waals surface area contributed by atoms with Gasteiger partial charge in [-0.05, 0) is 67.3 Å². The van der Waals surface area contributed by atoms with Crippen LogP contribution in [0.2, 0.25) is 0 Å². The zero-order chi connectivity index (χ0) is 26.0. The van der Waals surface area contributed by atoms with Crippen molar-refractivity contribution >= 4 is 0 Å². The highest BCUT2D eigenvalue weighted by Gasteiger charge is 2.24. The third-order valence-electron chi connectivity index (χ3n) is 8.37. The minimum Gasteiger partial charge on any atom is -0.494 e. The van der Waals surface area contributed by atoms with E-state index in [0.29, 0.717) is 0 Å². The molecule has 1 aromatic carbocycles. The van der Waals surface area contributed by atoms with Gasteiger partial charge in [-0.3, -0.25) is 0 Å². The first-order chi connectivity index (χ1) is 18.3. The Morgan fingerprint density at radius 2 is 1.24 bits per heavy atom. The summed E-state index contributed by atoms with van der Waals surface area (Å²) in [6.45, 7) is 5.37. The summed E-state index contributed by atoms with van der Waals surface area (Å²) in [4.78, 5) is 9.21. The molecule has 0 N–H and O–H groups in total. The fourth-order valence-corrected chi connectivity index (χ4v) is 6.03. The Bertz CT molecular complexity index is 817. The van der Waals surface area contributed by atoms with Gasteiger partial charge in [0.25, 0.3) is 0 Å². The second kappa shape index (κ2) is 18.4. The van der Waals surface area contributed by atoms with Crippen LogP contribution in [0.5, 0.6) is 5.75 Å². The summed E-state index contributed by atoms with van der Waals surface area (Å²) in [5, 5.41) is 0. The van der Waals surface area contributed by atoms with Crippen LogP contribution < -0.4 is 4.74 Å². The second-order valence-corrected chi connectivity index (χ2v) is 11.5. The molecule has 1 aliphatic rings. The zero-order valence-corrected chi connectivity index (χ0v) is 24.1. The number of hydrogen-bond donors (Lipinski definition) is 0. The van der Waals surface area contributed by atoms with Crippen molar-refractivity contribution in [1.29, 1.82) is 0 Å². The summed E-state index contributed by atoms with van der Waals surface area (Å²) < 4.78 is 6.11. The van der Waals surface area contributed by atoms with Gasteiger partial charge in [-0.15, -0.1) is 0 Å². The predicted octanol–water partition coefficient (Wildman–Crippen LogP) is 10.4. The van der Waals surface area contributed by atoms with Crippen LogP contribution in [0.25, 0.3) is 11.4 Å². The van der Waals surface area contributed by atoms with E-state index in [1.165, 1.54) is 121 Å². The number of aromatic nitrogens is 2. The number of aryl methyl sites for hydroxylation is 1. The van der Waals surface area contributed by atoms with Crippen LogP contribution in [0.4, 0.5) is 0 Å². The number of hydrogen-bond acceptors (Lipinski definition) is 3. The summed E-state index contributed by atoms with van der Waals surface area (Å²) in [5.74, 6) is 3.64. The first-order valence-corrected chi connectivity index (χ1v) is 15.8. The van der Waals surface area contributed by atoms with Crippen molar-refractivity contribution in [3.05, 3.63) is 42.2 Å². The van der Waals surface area contributed by atoms with E-state index in [4.69, 9.17) is 4.74 Å². The van der Waals surface area contributed by atoms with Crippen LogP contribution in [0.3, 0.4) is 0 Å². The number of nitrogens with zero attached hydrogens (tertiary/aromatic N) is 2. The molecule has 2 atom stereocenters. The van der Waals surface area contributed by atoms with E-state index in [1.54, 1.807) is 0 Å². The molecule has 3 heteroatoms. The lowest BCUT2D eigenvalue weighted by molar-refractivity contribution is 0.190. The Hall–Kier alpha value is -1.90. The lowest BCUT2D eigenvalue weighted by atomic mass is 9.74. The van der Waals surface area contributed by atoms with Crippen molar-refractivity contribution in [2.75, 3.05) is 6.61 Å². The Balaban J connectivity index is 1.33. The molecule has 37 heavy (non-hydrogen) atoms. The van der Waals surface area contributed by atoms with Gasteiger partial charge in [-0.25, -0.2) is 9.97 Å². The molecule has 0 aliphatic heterocycles. The van der Waals surface area contributed by atoms with Gasteiger partial charge >= 0.3 is 0 Å². The van der Waals surface area contributed by atoms with E-state index in [1.807, 2.05) is 12.4 Å². The van der Waals surface area contributed by atoms with Crippen LogP contribution in [0.15, 0.2) is 36.7 Å². The summed E-state index contributed by atoms with van der Waals surface area (Å²) in [5.41, 5.74) is 2.29. The van der Waals surface area contributed by atoms with Crippen LogP contribution in [0, 0.1) is 11.8 Å². The van der Waals surface area contributed by atoms with Crippen molar-refractivity contribution in [2.24, 2.45) is 11.8 Å². The van der Waals surface area contributed by atoms with E-state index < -0.39 is 0 Å². The highest BCUT2D eigenvalue weighted by atomic mass is 16.5. The number of ether oxygens (including phenoxy) is 1. The molecule has 1 aliphatic carbocycles. The van der Waals surface area contributed by atoms with Gasteiger partial charge in [0.05, 0.1) is 6.61 Å². The van der Waals surface area contributed by atoms with Crippen LogP contribution in [-0.4, -0.2) is 16.6 Å². The molecular formula is C34H54N2O. The van der Waals surface area contributed by atoms with E-state index in [-0.39, 0.29) is 0 Å². The smallest absolute Gasteiger partial charge is 0.159 e. The van der Waals surface area contributed by atoms with Crippen molar-refractivity contribution in [1.82, 2.24) is 9.97 Å². The first kappa shape index (κ1) is 29.7. The number of unbranched alkanes of at least 4 members (excludes halogenated alkanes) is 9. The second-order valence-electron chi connectivity index (χ2n) is 11.5. The predicted molar refractivity (Wildman–Crippen MR) is 158 cm³/mol. The Kier molecular flexibility index (Phi) is 14.7. The molecule has 1 heterocycles. The standard InChI is InChI=1S/C34H54N2O/c1-3-5-7-9-10-11-13-18-30-19-14-15-20-31(30)21-16-26-37-33-24-22-32(23-25-33)34-35-27-29(28-36-34)17-12-8-6-4-2/h22-25,27-28,30-31H,3-21,26H2,1-2H3. The maximum atomic E-state index is 6.11. The van der Waals surface area contributed by atoms with Crippen LogP contribution in [-0.2, 0) is 6.42 Å². The highest BCUT2D eigenvalue weighted by molar-refractivity contribution is 5.55.